The van der Waals surface area contributed by atoms with Crippen molar-refractivity contribution >= 4 is 12.4 Å². The van der Waals surface area contributed by atoms with Crippen LogP contribution in [0.3, 0.4) is 0 Å². The number of hydroxylamine groups is 1. The summed E-state index contributed by atoms with van der Waals surface area (Å²) >= 11 is 0. The van der Waals surface area contributed by atoms with Gasteiger partial charge in [0.15, 0.2) is 0 Å². The molecule has 0 radical (unpaired) electrons. The Morgan fingerprint density at radius 3 is 2.75 bits per heavy atom. The molecule has 0 saturated heterocycles. The molecule has 0 saturated carbocycles. The summed E-state index contributed by atoms with van der Waals surface area (Å²) in [5.74, 6) is 0. The van der Waals surface area contributed by atoms with Gasteiger partial charge in [-0.3, -0.25) is 0 Å². The third kappa shape index (κ3) is 1.97. The molecule has 2 rings (SSSR count). The van der Waals surface area contributed by atoms with Crippen LogP contribution in [0.1, 0.15) is 11.1 Å². The summed E-state index contributed by atoms with van der Waals surface area (Å²) < 4.78 is 0. The van der Waals surface area contributed by atoms with Crippen LogP contribution in [0.5, 0.6) is 0 Å². The first-order valence-electron chi connectivity index (χ1n) is 3.88. The smallest absolute Gasteiger partial charge is 0.0722 e. The van der Waals surface area contributed by atoms with Gasteiger partial charge in [-0.25, -0.2) is 0 Å². The van der Waals surface area contributed by atoms with Gasteiger partial charge in [-0.15, -0.1) is 12.4 Å². The molecule has 0 unspecified atom stereocenters. The summed E-state index contributed by atoms with van der Waals surface area (Å²) in [5.41, 5.74) is 5.66. The maximum absolute atomic E-state index is 5.13. The van der Waals surface area contributed by atoms with E-state index in [2.05, 4.69) is 29.7 Å². The molecule has 0 aliphatic carbocycles. The second-order valence-electron chi connectivity index (χ2n) is 2.69. The predicted octanol–water partition coefficient (Wildman–Crippen LogP) is 1.69. The molecule has 1 aromatic rings. The molecule has 66 valence electrons. The van der Waals surface area contributed by atoms with Crippen molar-refractivity contribution in [1.82, 2.24) is 5.48 Å². The first-order chi connectivity index (χ1) is 5.47. The van der Waals surface area contributed by atoms with Gasteiger partial charge >= 0.3 is 0 Å². The molecule has 0 amide bonds. The summed E-state index contributed by atoms with van der Waals surface area (Å²) in [7, 11) is 0. The van der Waals surface area contributed by atoms with Crippen molar-refractivity contribution in [3.63, 3.8) is 0 Å². The van der Waals surface area contributed by atoms with Crippen molar-refractivity contribution in [3.8, 4) is 0 Å². The van der Waals surface area contributed by atoms with Crippen LogP contribution in [0, 0.1) is 0 Å². The zero-order valence-corrected chi connectivity index (χ0v) is 7.56. The largest absolute Gasteiger partial charge is 0.301 e. The zero-order chi connectivity index (χ0) is 7.52. The number of halogens is 1. The molecule has 1 aliphatic rings. The lowest BCUT2D eigenvalue weighted by Gasteiger charge is -2.01. The first kappa shape index (κ1) is 9.52. The quantitative estimate of drug-likeness (QED) is 0.664. The summed E-state index contributed by atoms with van der Waals surface area (Å²) in [6, 6.07) is 8.43. The molecule has 1 aliphatic heterocycles. The Bertz CT molecular complexity index is 227. The monoisotopic (exact) mass is 185 g/mol. The van der Waals surface area contributed by atoms with E-state index < -0.39 is 0 Å². The fraction of sp³-hybridized carbons (Fsp3) is 0.333. The lowest BCUT2D eigenvalue weighted by molar-refractivity contribution is 0.0444. The number of hydrogen-bond donors (Lipinski definition) is 1. The molecule has 0 aromatic heterocycles. The molecule has 3 heteroatoms. The fourth-order valence-corrected chi connectivity index (χ4v) is 1.34. The summed E-state index contributed by atoms with van der Waals surface area (Å²) in [4.78, 5) is 5.13. The van der Waals surface area contributed by atoms with Crippen LogP contribution >= 0.6 is 12.4 Å². The molecule has 1 aromatic carbocycles. The van der Waals surface area contributed by atoms with Crippen LogP contribution in [0.25, 0.3) is 0 Å². The van der Waals surface area contributed by atoms with Crippen LogP contribution in [0.2, 0.25) is 0 Å². The molecular formula is C9H12ClNO. The predicted molar refractivity (Wildman–Crippen MR) is 50.2 cm³/mol. The number of rotatable bonds is 0. The third-order valence-electron chi connectivity index (χ3n) is 1.96. The molecule has 12 heavy (non-hydrogen) atoms. The minimum Gasteiger partial charge on any atom is -0.301 e. The highest BCUT2D eigenvalue weighted by Gasteiger charge is 2.04. The average Bonchev–Trinajstić information content (AvgIpc) is 2.28. The lowest BCUT2D eigenvalue weighted by atomic mass is 10.1. The van der Waals surface area contributed by atoms with Crippen molar-refractivity contribution in [1.29, 1.82) is 0 Å². The van der Waals surface area contributed by atoms with E-state index in [9.17, 15) is 0 Å². The van der Waals surface area contributed by atoms with Crippen molar-refractivity contribution in [3.05, 3.63) is 35.4 Å². The van der Waals surface area contributed by atoms with Gasteiger partial charge in [0.1, 0.15) is 0 Å². The van der Waals surface area contributed by atoms with Crippen LogP contribution in [0.4, 0.5) is 0 Å². The molecule has 1 heterocycles. The second kappa shape index (κ2) is 4.45. The topological polar surface area (TPSA) is 21.3 Å². The van der Waals surface area contributed by atoms with Crippen LogP contribution in [0.15, 0.2) is 24.3 Å². The maximum atomic E-state index is 5.13. The van der Waals surface area contributed by atoms with Crippen molar-refractivity contribution in [2.75, 3.05) is 6.61 Å². The molecule has 0 spiro atoms. The van der Waals surface area contributed by atoms with Gasteiger partial charge in [0.2, 0.25) is 0 Å². The van der Waals surface area contributed by atoms with E-state index in [1.807, 2.05) is 0 Å². The SMILES string of the molecule is Cl.c1ccc2c(c1)CCONC2. The van der Waals surface area contributed by atoms with Crippen molar-refractivity contribution in [2.24, 2.45) is 0 Å². The summed E-state index contributed by atoms with van der Waals surface area (Å²) in [5, 5.41) is 0. The Kier molecular flexibility index (Phi) is 3.53. The molecule has 1 N–H and O–H groups in total. The second-order valence-corrected chi connectivity index (χ2v) is 2.69. The highest BCUT2D eigenvalue weighted by molar-refractivity contribution is 5.85. The van der Waals surface area contributed by atoms with Gasteiger partial charge in [-0.2, -0.15) is 5.48 Å². The lowest BCUT2D eigenvalue weighted by Crippen LogP contribution is -2.11. The number of fused-ring (bicyclic) bond motifs is 1. The molecule has 0 atom stereocenters. The van der Waals surface area contributed by atoms with Gasteiger partial charge in [-0.05, 0) is 17.5 Å². The van der Waals surface area contributed by atoms with Crippen LogP contribution in [-0.4, -0.2) is 6.61 Å². The minimum absolute atomic E-state index is 0. The van der Waals surface area contributed by atoms with Crippen LogP contribution < -0.4 is 5.48 Å². The van der Waals surface area contributed by atoms with E-state index >= 15 is 0 Å². The zero-order valence-electron chi connectivity index (χ0n) is 6.75. The Morgan fingerprint density at radius 1 is 1.17 bits per heavy atom. The summed E-state index contributed by atoms with van der Waals surface area (Å²) in [6.45, 7) is 1.60. The van der Waals surface area contributed by atoms with E-state index in [4.69, 9.17) is 4.84 Å². The normalized spacial score (nSPS) is 15.7. The fourth-order valence-electron chi connectivity index (χ4n) is 1.34. The highest BCUT2D eigenvalue weighted by Crippen LogP contribution is 2.11. The Labute approximate surface area is 78.3 Å². The molecule has 2 nitrogen and oxygen atoms in total. The Balaban J connectivity index is 0.000000720. The Hall–Kier alpha value is -0.570. The van der Waals surface area contributed by atoms with E-state index in [1.165, 1.54) is 11.1 Å². The highest BCUT2D eigenvalue weighted by atomic mass is 35.5. The van der Waals surface area contributed by atoms with Gasteiger partial charge < -0.3 is 4.84 Å². The van der Waals surface area contributed by atoms with E-state index in [1.54, 1.807) is 0 Å². The molecular weight excluding hydrogens is 174 g/mol. The van der Waals surface area contributed by atoms with Crippen molar-refractivity contribution < 1.29 is 4.84 Å². The van der Waals surface area contributed by atoms with Crippen LogP contribution in [-0.2, 0) is 17.8 Å². The van der Waals surface area contributed by atoms with E-state index in [0.29, 0.717) is 0 Å². The van der Waals surface area contributed by atoms with E-state index in [0.717, 1.165) is 19.6 Å². The Morgan fingerprint density at radius 2 is 1.92 bits per heavy atom. The standard InChI is InChI=1S/C9H11NO.ClH/c1-2-4-9-7-10-11-6-5-8(9)3-1;/h1-4,10H,5-7H2;1H. The van der Waals surface area contributed by atoms with Gasteiger partial charge in [-0.1, -0.05) is 24.3 Å². The van der Waals surface area contributed by atoms with Gasteiger partial charge in [0, 0.05) is 6.54 Å². The first-order valence-corrected chi connectivity index (χ1v) is 3.88. The molecule has 0 bridgehead atoms. The van der Waals surface area contributed by atoms with Gasteiger partial charge in [0.05, 0.1) is 6.61 Å². The molecule has 0 fully saturated rings. The van der Waals surface area contributed by atoms with Crippen molar-refractivity contribution in [2.45, 2.75) is 13.0 Å². The van der Waals surface area contributed by atoms with Gasteiger partial charge in [0.25, 0.3) is 0 Å². The number of hydrogen-bond acceptors (Lipinski definition) is 2. The summed E-state index contributed by atoms with van der Waals surface area (Å²) in [6.07, 6.45) is 1.02. The number of nitrogens with one attached hydrogen (secondary N) is 1. The third-order valence-corrected chi connectivity index (χ3v) is 1.96. The average molecular weight is 186 g/mol. The number of benzene rings is 1. The minimum atomic E-state index is 0. The maximum Gasteiger partial charge on any atom is 0.0722 e. The van der Waals surface area contributed by atoms with E-state index in [-0.39, 0.29) is 12.4 Å².